The summed E-state index contributed by atoms with van der Waals surface area (Å²) in [7, 11) is 1.67. The topological polar surface area (TPSA) is 56.9 Å². The van der Waals surface area contributed by atoms with Crippen LogP contribution in [0.5, 0.6) is 5.75 Å². The zero-order valence-electron chi connectivity index (χ0n) is 12.1. The van der Waals surface area contributed by atoms with Gasteiger partial charge in [0.05, 0.1) is 7.11 Å². The quantitative estimate of drug-likeness (QED) is 0.674. The SMILES string of the molecule is CCCC(=N)CC(C=N)C(C)c1ccccc1OC. The van der Waals surface area contributed by atoms with E-state index in [0.29, 0.717) is 6.42 Å². The van der Waals surface area contributed by atoms with Crippen molar-refractivity contribution in [1.82, 2.24) is 0 Å². The molecule has 3 heteroatoms. The van der Waals surface area contributed by atoms with Gasteiger partial charge in [0, 0.05) is 11.6 Å². The lowest BCUT2D eigenvalue weighted by molar-refractivity contribution is 0.402. The fraction of sp³-hybridized carbons (Fsp3) is 0.500. The number of benzene rings is 1. The lowest BCUT2D eigenvalue weighted by Crippen LogP contribution is -2.16. The third kappa shape index (κ3) is 4.19. The summed E-state index contributed by atoms with van der Waals surface area (Å²) in [6.45, 7) is 4.18. The van der Waals surface area contributed by atoms with Gasteiger partial charge >= 0.3 is 0 Å². The molecular weight excluding hydrogens is 236 g/mol. The second-order valence-electron chi connectivity index (χ2n) is 4.92. The monoisotopic (exact) mass is 260 g/mol. The second-order valence-corrected chi connectivity index (χ2v) is 4.92. The van der Waals surface area contributed by atoms with E-state index in [1.54, 1.807) is 7.11 Å². The van der Waals surface area contributed by atoms with Crippen molar-refractivity contribution in [2.75, 3.05) is 7.11 Å². The minimum atomic E-state index is 0.0651. The molecule has 0 radical (unpaired) electrons. The molecule has 0 aliphatic rings. The van der Waals surface area contributed by atoms with Crippen LogP contribution in [0.2, 0.25) is 0 Å². The van der Waals surface area contributed by atoms with E-state index >= 15 is 0 Å². The zero-order valence-corrected chi connectivity index (χ0v) is 12.1. The standard InChI is InChI=1S/C16H24N2O/c1-4-7-14(18)10-13(11-17)12(2)15-8-5-6-9-16(15)19-3/h5-6,8-9,11-13,17-18H,4,7,10H2,1-3H3. The summed E-state index contributed by atoms with van der Waals surface area (Å²) in [6, 6.07) is 7.94. The maximum absolute atomic E-state index is 7.94. The zero-order chi connectivity index (χ0) is 14.3. The van der Waals surface area contributed by atoms with E-state index in [0.717, 1.165) is 29.9 Å². The van der Waals surface area contributed by atoms with E-state index in [-0.39, 0.29) is 11.8 Å². The number of rotatable bonds is 8. The number of para-hydroxylation sites is 1. The second kappa shape index (κ2) is 7.72. The molecule has 1 aromatic carbocycles. The molecule has 0 aromatic heterocycles. The smallest absolute Gasteiger partial charge is 0.122 e. The van der Waals surface area contributed by atoms with Crippen molar-refractivity contribution >= 4 is 11.9 Å². The number of methoxy groups -OCH3 is 1. The third-order valence-corrected chi connectivity index (χ3v) is 3.52. The Kier molecular flexibility index (Phi) is 6.26. The first-order valence-corrected chi connectivity index (χ1v) is 6.83. The molecule has 0 bridgehead atoms. The first-order chi connectivity index (χ1) is 9.13. The first-order valence-electron chi connectivity index (χ1n) is 6.83. The molecule has 2 unspecified atom stereocenters. The predicted molar refractivity (Wildman–Crippen MR) is 80.9 cm³/mol. The van der Waals surface area contributed by atoms with Gasteiger partial charge in [0.15, 0.2) is 0 Å². The molecular formula is C16H24N2O. The summed E-state index contributed by atoms with van der Waals surface area (Å²) in [4.78, 5) is 0. The summed E-state index contributed by atoms with van der Waals surface area (Å²) >= 11 is 0. The van der Waals surface area contributed by atoms with Crippen LogP contribution in [0, 0.1) is 16.7 Å². The normalized spacial score (nSPS) is 13.6. The van der Waals surface area contributed by atoms with Crippen molar-refractivity contribution < 1.29 is 4.74 Å². The fourth-order valence-corrected chi connectivity index (χ4v) is 2.34. The van der Waals surface area contributed by atoms with Crippen LogP contribution in [0.3, 0.4) is 0 Å². The molecule has 0 aliphatic heterocycles. The molecule has 19 heavy (non-hydrogen) atoms. The maximum atomic E-state index is 7.94. The van der Waals surface area contributed by atoms with Gasteiger partial charge in [-0.05, 0) is 36.6 Å². The van der Waals surface area contributed by atoms with Crippen molar-refractivity contribution in [3.8, 4) is 5.75 Å². The van der Waals surface area contributed by atoms with Crippen LogP contribution in [0.1, 0.15) is 44.6 Å². The van der Waals surface area contributed by atoms with Gasteiger partial charge < -0.3 is 15.6 Å². The van der Waals surface area contributed by atoms with Crippen LogP contribution in [0.25, 0.3) is 0 Å². The maximum Gasteiger partial charge on any atom is 0.122 e. The minimum absolute atomic E-state index is 0.0651. The molecule has 0 saturated heterocycles. The lowest BCUT2D eigenvalue weighted by Gasteiger charge is -2.22. The summed E-state index contributed by atoms with van der Waals surface area (Å²) in [5.41, 5.74) is 1.85. The fourth-order valence-electron chi connectivity index (χ4n) is 2.34. The van der Waals surface area contributed by atoms with Crippen LogP contribution in [0.4, 0.5) is 0 Å². The Balaban J connectivity index is 2.86. The minimum Gasteiger partial charge on any atom is -0.496 e. The van der Waals surface area contributed by atoms with E-state index in [2.05, 4.69) is 13.8 Å². The summed E-state index contributed by atoms with van der Waals surface area (Å²) in [5, 5.41) is 15.6. The van der Waals surface area contributed by atoms with Gasteiger partial charge in [-0.25, -0.2) is 0 Å². The largest absolute Gasteiger partial charge is 0.496 e. The molecule has 0 aliphatic carbocycles. The Morgan fingerprint density at radius 3 is 2.63 bits per heavy atom. The first kappa shape index (κ1) is 15.4. The highest BCUT2D eigenvalue weighted by atomic mass is 16.5. The van der Waals surface area contributed by atoms with E-state index in [9.17, 15) is 0 Å². The van der Waals surface area contributed by atoms with Gasteiger partial charge in [-0.3, -0.25) is 0 Å². The number of hydrogen-bond donors (Lipinski definition) is 2. The van der Waals surface area contributed by atoms with Crippen LogP contribution in [-0.4, -0.2) is 19.0 Å². The van der Waals surface area contributed by atoms with Crippen molar-refractivity contribution in [2.24, 2.45) is 5.92 Å². The Morgan fingerprint density at radius 1 is 1.37 bits per heavy atom. The Hall–Kier alpha value is -1.64. The molecule has 2 N–H and O–H groups in total. The van der Waals surface area contributed by atoms with Crippen LogP contribution >= 0.6 is 0 Å². The molecule has 0 heterocycles. The molecule has 1 aromatic rings. The van der Waals surface area contributed by atoms with Gasteiger partial charge in [0.25, 0.3) is 0 Å². The van der Waals surface area contributed by atoms with Crippen molar-refractivity contribution in [3.05, 3.63) is 29.8 Å². The summed E-state index contributed by atoms with van der Waals surface area (Å²) in [6.07, 6.45) is 3.95. The average Bonchev–Trinajstić information content (AvgIpc) is 2.44. The summed E-state index contributed by atoms with van der Waals surface area (Å²) in [5.74, 6) is 1.12. The van der Waals surface area contributed by atoms with Gasteiger partial charge in [-0.1, -0.05) is 38.5 Å². The van der Waals surface area contributed by atoms with E-state index in [1.807, 2.05) is 24.3 Å². The van der Waals surface area contributed by atoms with Gasteiger partial charge in [0.1, 0.15) is 5.75 Å². The van der Waals surface area contributed by atoms with Crippen molar-refractivity contribution in [3.63, 3.8) is 0 Å². The van der Waals surface area contributed by atoms with Crippen LogP contribution in [0.15, 0.2) is 24.3 Å². The highest BCUT2D eigenvalue weighted by Gasteiger charge is 2.21. The van der Waals surface area contributed by atoms with E-state index in [4.69, 9.17) is 15.6 Å². The summed E-state index contributed by atoms with van der Waals surface area (Å²) < 4.78 is 5.38. The highest BCUT2D eigenvalue weighted by Crippen LogP contribution is 2.32. The third-order valence-electron chi connectivity index (χ3n) is 3.52. The molecule has 3 nitrogen and oxygen atoms in total. The lowest BCUT2D eigenvalue weighted by atomic mass is 9.84. The van der Waals surface area contributed by atoms with E-state index < -0.39 is 0 Å². The molecule has 0 amide bonds. The van der Waals surface area contributed by atoms with Crippen molar-refractivity contribution in [2.45, 2.75) is 39.0 Å². The molecule has 0 fully saturated rings. The number of ether oxygens (including phenoxy) is 1. The highest BCUT2D eigenvalue weighted by molar-refractivity contribution is 5.84. The Morgan fingerprint density at radius 2 is 2.05 bits per heavy atom. The van der Waals surface area contributed by atoms with Crippen LogP contribution < -0.4 is 4.74 Å². The van der Waals surface area contributed by atoms with Crippen LogP contribution in [-0.2, 0) is 0 Å². The molecule has 1 rings (SSSR count). The average molecular weight is 260 g/mol. The number of hydrogen-bond acceptors (Lipinski definition) is 3. The van der Waals surface area contributed by atoms with Gasteiger partial charge in [-0.15, -0.1) is 0 Å². The van der Waals surface area contributed by atoms with Gasteiger partial charge in [0.2, 0.25) is 0 Å². The van der Waals surface area contributed by atoms with Crippen molar-refractivity contribution in [1.29, 1.82) is 10.8 Å². The Bertz CT molecular complexity index is 429. The molecule has 0 spiro atoms. The molecule has 0 saturated carbocycles. The molecule has 2 atom stereocenters. The van der Waals surface area contributed by atoms with E-state index in [1.165, 1.54) is 6.21 Å². The number of nitrogens with one attached hydrogen (secondary N) is 2. The van der Waals surface area contributed by atoms with Gasteiger partial charge in [-0.2, -0.15) is 0 Å². The predicted octanol–water partition coefficient (Wildman–Crippen LogP) is 4.27. The molecule has 104 valence electrons. The Labute approximate surface area is 116 Å².